The predicted octanol–water partition coefficient (Wildman–Crippen LogP) is 2.51. The van der Waals surface area contributed by atoms with Crippen molar-refractivity contribution in [2.75, 3.05) is 17.8 Å². The molecule has 0 aliphatic carbocycles. The zero-order chi connectivity index (χ0) is 11.7. The second-order valence-electron chi connectivity index (χ2n) is 3.15. The Hall–Kier alpha value is -0.130. The molecule has 0 spiro atoms. The number of unbranched alkanes of at least 4 members (excludes halogenated alkanes) is 2. The first-order chi connectivity index (χ1) is 7.08. The molecule has 0 saturated carbocycles. The van der Waals surface area contributed by atoms with Crippen LogP contribution in [0, 0.1) is 0 Å². The second kappa shape index (κ2) is 8.07. The average Bonchev–Trinajstić information content (AvgIpc) is 2.22. The first-order valence-corrected chi connectivity index (χ1v) is 7.57. The van der Waals surface area contributed by atoms with Crippen LogP contribution in [0.25, 0.3) is 0 Å². The molecule has 0 unspecified atom stereocenters. The highest BCUT2D eigenvalue weighted by Crippen LogP contribution is 2.08. The SMILES string of the molecule is C=CCCCCN(CC=C)S(=O)(=O)CBr. The minimum absolute atomic E-state index is 0.0324. The van der Waals surface area contributed by atoms with Gasteiger partial charge < -0.3 is 0 Å². The van der Waals surface area contributed by atoms with Crippen LogP contribution >= 0.6 is 15.9 Å². The maximum absolute atomic E-state index is 11.6. The molecule has 0 atom stereocenters. The first kappa shape index (κ1) is 14.9. The summed E-state index contributed by atoms with van der Waals surface area (Å²) in [4.78, 5) is 0. The van der Waals surface area contributed by atoms with Gasteiger partial charge in [-0.05, 0) is 19.3 Å². The molecule has 0 aliphatic heterocycles. The highest BCUT2D eigenvalue weighted by Gasteiger charge is 2.18. The number of sulfonamides is 1. The van der Waals surface area contributed by atoms with Gasteiger partial charge in [-0.15, -0.1) is 13.2 Å². The molecule has 0 radical (unpaired) electrons. The lowest BCUT2D eigenvalue weighted by atomic mass is 10.2. The summed E-state index contributed by atoms with van der Waals surface area (Å²) >= 11 is 2.98. The summed E-state index contributed by atoms with van der Waals surface area (Å²) in [5.41, 5.74) is 0. The third-order valence-corrected chi connectivity index (χ3v) is 5.06. The molecular weight excluding hydrogens is 278 g/mol. The quantitative estimate of drug-likeness (QED) is 0.372. The smallest absolute Gasteiger partial charge is 0.211 e. The van der Waals surface area contributed by atoms with Crippen LogP contribution in [-0.4, -0.2) is 30.5 Å². The molecule has 3 nitrogen and oxygen atoms in total. The molecule has 0 heterocycles. The van der Waals surface area contributed by atoms with Crippen molar-refractivity contribution < 1.29 is 8.42 Å². The molecule has 0 N–H and O–H groups in total. The van der Waals surface area contributed by atoms with Crippen LogP contribution in [0.3, 0.4) is 0 Å². The highest BCUT2D eigenvalue weighted by atomic mass is 79.9. The van der Waals surface area contributed by atoms with Gasteiger partial charge in [-0.3, -0.25) is 0 Å². The fraction of sp³-hybridized carbons (Fsp3) is 0.600. The Bertz CT molecular complexity index is 288. The van der Waals surface area contributed by atoms with Crippen molar-refractivity contribution in [1.29, 1.82) is 0 Å². The number of hydrogen-bond donors (Lipinski definition) is 0. The Morgan fingerprint density at radius 1 is 1.20 bits per heavy atom. The molecule has 0 aliphatic rings. The van der Waals surface area contributed by atoms with Crippen molar-refractivity contribution in [1.82, 2.24) is 4.31 Å². The van der Waals surface area contributed by atoms with Gasteiger partial charge in [-0.1, -0.05) is 28.1 Å². The molecule has 0 aromatic carbocycles. The molecule has 0 fully saturated rings. The maximum atomic E-state index is 11.6. The highest BCUT2D eigenvalue weighted by molar-refractivity contribution is 9.10. The van der Waals surface area contributed by atoms with Gasteiger partial charge in [0.1, 0.15) is 4.66 Å². The fourth-order valence-electron chi connectivity index (χ4n) is 1.13. The summed E-state index contributed by atoms with van der Waals surface area (Å²) in [6.07, 6.45) is 6.20. The lowest BCUT2D eigenvalue weighted by Gasteiger charge is -2.18. The third kappa shape index (κ3) is 6.12. The van der Waals surface area contributed by atoms with Crippen LogP contribution in [0.1, 0.15) is 19.3 Å². The van der Waals surface area contributed by atoms with E-state index < -0.39 is 10.0 Å². The second-order valence-corrected chi connectivity index (χ2v) is 6.42. The fourth-order valence-corrected chi connectivity index (χ4v) is 2.88. The molecule has 0 aromatic heterocycles. The summed E-state index contributed by atoms with van der Waals surface area (Å²) < 4.78 is 24.5. The van der Waals surface area contributed by atoms with E-state index in [9.17, 15) is 8.42 Å². The molecule has 0 aromatic rings. The van der Waals surface area contributed by atoms with Crippen molar-refractivity contribution in [3.05, 3.63) is 25.3 Å². The first-order valence-electron chi connectivity index (χ1n) is 4.84. The third-order valence-electron chi connectivity index (χ3n) is 1.93. The van der Waals surface area contributed by atoms with Crippen molar-refractivity contribution in [3.63, 3.8) is 0 Å². The minimum Gasteiger partial charge on any atom is -0.211 e. The van der Waals surface area contributed by atoms with Gasteiger partial charge in [-0.2, -0.15) is 4.31 Å². The monoisotopic (exact) mass is 295 g/mol. The maximum Gasteiger partial charge on any atom is 0.224 e. The summed E-state index contributed by atoms with van der Waals surface area (Å²) in [7, 11) is -3.16. The zero-order valence-electron chi connectivity index (χ0n) is 8.86. The number of hydrogen-bond acceptors (Lipinski definition) is 2. The van der Waals surface area contributed by atoms with E-state index in [2.05, 4.69) is 29.1 Å². The van der Waals surface area contributed by atoms with E-state index in [1.807, 2.05) is 6.08 Å². The van der Waals surface area contributed by atoms with Crippen LogP contribution in [0.4, 0.5) is 0 Å². The van der Waals surface area contributed by atoms with E-state index >= 15 is 0 Å². The van der Waals surface area contributed by atoms with E-state index in [4.69, 9.17) is 0 Å². The van der Waals surface area contributed by atoms with Crippen LogP contribution in [0.15, 0.2) is 25.3 Å². The Morgan fingerprint density at radius 3 is 2.33 bits per heavy atom. The van der Waals surface area contributed by atoms with Gasteiger partial charge in [-0.25, -0.2) is 8.42 Å². The van der Waals surface area contributed by atoms with Gasteiger partial charge in [0.2, 0.25) is 10.0 Å². The summed E-state index contributed by atoms with van der Waals surface area (Å²) in [6.45, 7) is 8.10. The number of alkyl halides is 1. The van der Waals surface area contributed by atoms with Gasteiger partial charge in [0.05, 0.1) is 0 Å². The van der Waals surface area contributed by atoms with Crippen molar-refractivity contribution in [2.45, 2.75) is 19.3 Å². The predicted molar refractivity (Wildman–Crippen MR) is 68.5 cm³/mol. The summed E-state index contributed by atoms with van der Waals surface area (Å²) in [5.74, 6) is 0. The molecule has 15 heavy (non-hydrogen) atoms. The van der Waals surface area contributed by atoms with Crippen LogP contribution in [-0.2, 0) is 10.0 Å². The van der Waals surface area contributed by atoms with Crippen LogP contribution < -0.4 is 0 Å². The Kier molecular flexibility index (Phi) is 8.00. The van der Waals surface area contributed by atoms with E-state index in [0.717, 1.165) is 19.3 Å². The largest absolute Gasteiger partial charge is 0.224 e. The number of rotatable bonds is 9. The van der Waals surface area contributed by atoms with Gasteiger partial charge in [0.25, 0.3) is 0 Å². The lowest BCUT2D eigenvalue weighted by molar-refractivity contribution is 0.433. The molecule has 0 saturated heterocycles. The number of allylic oxidation sites excluding steroid dienone is 1. The van der Waals surface area contributed by atoms with E-state index in [-0.39, 0.29) is 4.66 Å². The topological polar surface area (TPSA) is 37.4 Å². The van der Waals surface area contributed by atoms with Crippen molar-refractivity contribution in [2.24, 2.45) is 0 Å². The average molecular weight is 296 g/mol. The van der Waals surface area contributed by atoms with E-state index in [0.29, 0.717) is 13.1 Å². The van der Waals surface area contributed by atoms with Crippen molar-refractivity contribution >= 4 is 26.0 Å². The lowest BCUT2D eigenvalue weighted by Crippen LogP contribution is -2.32. The summed E-state index contributed by atoms with van der Waals surface area (Å²) in [6, 6.07) is 0. The van der Waals surface area contributed by atoms with E-state index in [1.54, 1.807) is 6.08 Å². The summed E-state index contributed by atoms with van der Waals surface area (Å²) in [5, 5.41) is 0. The Morgan fingerprint density at radius 2 is 1.87 bits per heavy atom. The van der Waals surface area contributed by atoms with Gasteiger partial charge >= 0.3 is 0 Å². The van der Waals surface area contributed by atoms with Crippen LogP contribution in [0.2, 0.25) is 0 Å². The Balaban J connectivity index is 4.16. The molecule has 0 rings (SSSR count). The number of halogens is 1. The molecule has 5 heteroatoms. The standard InChI is InChI=1S/C10H18BrNO2S/c1-3-5-6-7-9-12(8-4-2)15(13,14)10-11/h3-4H,1-2,5-10H2. The number of nitrogens with zero attached hydrogens (tertiary/aromatic N) is 1. The molecular formula is C10H18BrNO2S. The Labute approximate surface area is 101 Å². The normalized spacial score (nSPS) is 11.6. The molecule has 0 amide bonds. The molecule has 88 valence electrons. The van der Waals surface area contributed by atoms with Gasteiger partial charge in [0, 0.05) is 13.1 Å². The minimum atomic E-state index is -3.16. The zero-order valence-corrected chi connectivity index (χ0v) is 11.3. The van der Waals surface area contributed by atoms with Crippen LogP contribution in [0.5, 0.6) is 0 Å². The van der Waals surface area contributed by atoms with Gasteiger partial charge in [0.15, 0.2) is 0 Å². The molecule has 0 bridgehead atoms. The van der Waals surface area contributed by atoms with E-state index in [1.165, 1.54) is 4.31 Å². The van der Waals surface area contributed by atoms with Crippen molar-refractivity contribution in [3.8, 4) is 0 Å².